The van der Waals surface area contributed by atoms with Crippen LogP contribution in [0.3, 0.4) is 0 Å². The zero-order valence-corrected chi connectivity index (χ0v) is 8.44. The Labute approximate surface area is 82.7 Å². The number of nitrogens with zero attached hydrogens (tertiary/aromatic N) is 1. The van der Waals surface area contributed by atoms with E-state index in [9.17, 15) is 4.79 Å². The van der Waals surface area contributed by atoms with E-state index in [0.717, 1.165) is 5.56 Å². The summed E-state index contributed by atoms with van der Waals surface area (Å²) in [6.07, 6.45) is 0. The van der Waals surface area contributed by atoms with Gasteiger partial charge in [0.2, 0.25) is 0 Å². The topological polar surface area (TPSA) is 49.8 Å². The van der Waals surface area contributed by atoms with Gasteiger partial charge in [0, 0.05) is 14.1 Å². The molecule has 0 aliphatic heterocycles. The van der Waals surface area contributed by atoms with Crippen LogP contribution in [0.15, 0.2) is 18.2 Å². The first-order valence-electron chi connectivity index (χ1n) is 4.20. The Bertz CT molecular complexity index is 347. The van der Waals surface area contributed by atoms with Gasteiger partial charge in [0.25, 0.3) is 0 Å². The lowest BCUT2D eigenvalue weighted by molar-refractivity contribution is -0.00470. The van der Waals surface area contributed by atoms with Crippen LogP contribution in [0.4, 0.5) is 0 Å². The number of benzene rings is 1. The zero-order valence-electron chi connectivity index (χ0n) is 8.44. The molecule has 0 aromatic heterocycles. The highest BCUT2D eigenvalue weighted by atomic mass is 16.7. The number of hydrogen-bond acceptors (Lipinski definition) is 3. The lowest BCUT2D eigenvalue weighted by Crippen LogP contribution is -2.18. The second-order valence-electron chi connectivity index (χ2n) is 3.21. The summed E-state index contributed by atoms with van der Waals surface area (Å²) in [5.41, 5.74) is 1.14. The second kappa shape index (κ2) is 4.11. The standard InChI is InChI=1S/C10H13NO3/c1-7-4-5-8(10(12)13)9(6-7)14-11(2)3/h4-6H,1-3H3,(H,12,13). The summed E-state index contributed by atoms with van der Waals surface area (Å²) in [4.78, 5) is 16.1. The molecule has 0 heterocycles. The fourth-order valence-corrected chi connectivity index (χ4v) is 1.08. The van der Waals surface area contributed by atoms with Crippen molar-refractivity contribution in [2.45, 2.75) is 6.92 Å². The number of hydroxylamine groups is 2. The summed E-state index contributed by atoms with van der Waals surface area (Å²) in [6.45, 7) is 1.88. The highest BCUT2D eigenvalue weighted by Crippen LogP contribution is 2.20. The number of aryl methyl sites for hydroxylation is 1. The number of carboxylic acid groups (broad SMARTS) is 1. The minimum atomic E-state index is -0.984. The van der Waals surface area contributed by atoms with Crippen LogP contribution in [-0.2, 0) is 0 Å². The third-order valence-electron chi connectivity index (χ3n) is 1.65. The molecule has 0 fully saturated rings. The summed E-state index contributed by atoms with van der Waals surface area (Å²) < 4.78 is 0. The Morgan fingerprint density at radius 2 is 2.07 bits per heavy atom. The molecule has 0 aliphatic rings. The fraction of sp³-hybridized carbons (Fsp3) is 0.300. The van der Waals surface area contributed by atoms with Gasteiger partial charge < -0.3 is 9.94 Å². The maximum atomic E-state index is 10.8. The molecule has 14 heavy (non-hydrogen) atoms. The lowest BCUT2D eigenvalue weighted by atomic mass is 10.1. The van der Waals surface area contributed by atoms with Gasteiger partial charge in [-0.05, 0) is 24.6 Å². The Balaban J connectivity index is 3.09. The largest absolute Gasteiger partial charge is 0.478 e. The molecule has 0 saturated heterocycles. The van der Waals surface area contributed by atoms with Gasteiger partial charge in [-0.15, -0.1) is 0 Å². The van der Waals surface area contributed by atoms with Crippen LogP contribution in [-0.4, -0.2) is 30.2 Å². The highest BCUT2D eigenvalue weighted by Gasteiger charge is 2.11. The maximum Gasteiger partial charge on any atom is 0.339 e. The van der Waals surface area contributed by atoms with Gasteiger partial charge in [0.15, 0.2) is 5.75 Å². The number of aromatic carboxylic acids is 1. The van der Waals surface area contributed by atoms with Gasteiger partial charge in [-0.2, -0.15) is 5.06 Å². The Hall–Kier alpha value is -1.55. The van der Waals surface area contributed by atoms with Crippen molar-refractivity contribution in [1.29, 1.82) is 0 Å². The van der Waals surface area contributed by atoms with Gasteiger partial charge in [0.05, 0.1) is 0 Å². The fourth-order valence-electron chi connectivity index (χ4n) is 1.08. The van der Waals surface area contributed by atoms with Crippen molar-refractivity contribution in [3.05, 3.63) is 29.3 Å². The van der Waals surface area contributed by atoms with Gasteiger partial charge in [-0.25, -0.2) is 4.79 Å². The van der Waals surface area contributed by atoms with Crippen LogP contribution in [0.1, 0.15) is 15.9 Å². The molecule has 76 valence electrons. The first-order valence-corrected chi connectivity index (χ1v) is 4.20. The second-order valence-corrected chi connectivity index (χ2v) is 3.21. The monoisotopic (exact) mass is 195 g/mol. The average molecular weight is 195 g/mol. The molecule has 4 nitrogen and oxygen atoms in total. The van der Waals surface area contributed by atoms with E-state index in [-0.39, 0.29) is 5.56 Å². The molecule has 1 N–H and O–H groups in total. The van der Waals surface area contributed by atoms with E-state index < -0.39 is 5.97 Å². The van der Waals surface area contributed by atoms with Crippen molar-refractivity contribution < 1.29 is 14.7 Å². The summed E-state index contributed by atoms with van der Waals surface area (Å²) in [6, 6.07) is 4.98. The molecule has 0 radical (unpaired) electrons. The molecule has 1 aromatic carbocycles. The molecular weight excluding hydrogens is 182 g/mol. The lowest BCUT2D eigenvalue weighted by Gasteiger charge is -2.14. The van der Waals surface area contributed by atoms with Crippen LogP contribution in [0.2, 0.25) is 0 Å². The quantitative estimate of drug-likeness (QED) is 0.743. The van der Waals surface area contributed by atoms with E-state index in [4.69, 9.17) is 9.94 Å². The van der Waals surface area contributed by atoms with Crippen molar-refractivity contribution in [3.8, 4) is 5.75 Å². The molecule has 0 bridgehead atoms. The van der Waals surface area contributed by atoms with E-state index in [2.05, 4.69) is 0 Å². The van der Waals surface area contributed by atoms with Crippen molar-refractivity contribution in [2.24, 2.45) is 0 Å². The number of rotatable bonds is 3. The summed E-state index contributed by atoms with van der Waals surface area (Å²) >= 11 is 0. The van der Waals surface area contributed by atoms with Gasteiger partial charge in [0.1, 0.15) is 5.56 Å². The third-order valence-corrected chi connectivity index (χ3v) is 1.65. The minimum absolute atomic E-state index is 0.171. The predicted octanol–water partition coefficient (Wildman–Crippen LogP) is 1.55. The summed E-state index contributed by atoms with van der Waals surface area (Å²) in [5.74, 6) is -0.621. The molecule has 0 unspecified atom stereocenters. The molecule has 0 atom stereocenters. The van der Waals surface area contributed by atoms with E-state index in [1.54, 1.807) is 26.2 Å². The minimum Gasteiger partial charge on any atom is -0.478 e. The molecule has 0 aliphatic carbocycles. The van der Waals surface area contributed by atoms with Crippen LogP contribution in [0.5, 0.6) is 5.75 Å². The zero-order chi connectivity index (χ0) is 10.7. The van der Waals surface area contributed by atoms with Crippen molar-refractivity contribution in [1.82, 2.24) is 5.06 Å². The van der Waals surface area contributed by atoms with Crippen LogP contribution in [0.25, 0.3) is 0 Å². The van der Waals surface area contributed by atoms with E-state index >= 15 is 0 Å². The number of hydrogen-bond donors (Lipinski definition) is 1. The van der Waals surface area contributed by atoms with E-state index in [1.807, 2.05) is 6.92 Å². The third kappa shape index (κ3) is 2.47. The van der Waals surface area contributed by atoms with Crippen LogP contribution in [0, 0.1) is 6.92 Å². The molecule has 0 spiro atoms. The van der Waals surface area contributed by atoms with Crippen LogP contribution < -0.4 is 4.84 Å². The summed E-state index contributed by atoms with van der Waals surface area (Å²) in [5, 5.41) is 10.3. The maximum absolute atomic E-state index is 10.8. The Kier molecular flexibility index (Phi) is 3.09. The summed E-state index contributed by atoms with van der Waals surface area (Å²) in [7, 11) is 3.40. The number of carboxylic acids is 1. The first kappa shape index (κ1) is 10.5. The van der Waals surface area contributed by atoms with Crippen LogP contribution >= 0.6 is 0 Å². The smallest absolute Gasteiger partial charge is 0.339 e. The molecular formula is C10H13NO3. The van der Waals surface area contributed by atoms with Gasteiger partial charge in [-0.3, -0.25) is 0 Å². The Morgan fingerprint density at radius 3 is 2.57 bits per heavy atom. The molecule has 1 aromatic rings. The highest BCUT2D eigenvalue weighted by molar-refractivity contribution is 5.90. The SMILES string of the molecule is Cc1ccc(C(=O)O)c(ON(C)C)c1. The first-order chi connectivity index (χ1) is 6.50. The van der Waals surface area contributed by atoms with Crippen molar-refractivity contribution >= 4 is 5.97 Å². The van der Waals surface area contributed by atoms with Gasteiger partial charge >= 0.3 is 5.97 Å². The Morgan fingerprint density at radius 1 is 1.43 bits per heavy atom. The number of carbonyl (C=O) groups is 1. The van der Waals surface area contributed by atoms with Crippen molar-refractivity contribution in [2.75, 3.05) is 14.1 Å². The molecule has 1 rings (SSSR count). The molecule has 0 amide bonds. The molecule has 4 heteroatoms. The van der Waals surface area contributed by atoms with Crippen molar-refractivity contribution in [3.63, 3.8) is 0 Å². The van der Waals surface area contributed by atoms with Gasteiger partial charge in [-0.1, -0.05) is 6.07 Å². The average Bonchev–Trinajstić information content (AvgIpc) is 2.01. The van der Waals surface area contributed by atoms with E-state index in [0.29, 0.717) is 5.75 Å². The van der Waals surface area contributed by atoms with E-state index in [1.165, 1.54) is 11.1 Å². The normalized spacial score (nSPS) is 10.3. The molecule has 0 saturated carbocycles. The predicted molar refractivity (Wildman–Crippen MR) is 52.5 cm³/mol.